The monoisotopic (exact) mass is 235 g/mol. The van der Waals surface area contributed by atoms with Crippen molar-refractivity contribution in [3.05, 3.63) is 53.6 Å². The van der Waals surface area contributed by atoms with E-state index in [1.807, 2.05) is 6.07 Å². The molecule has 17 heavy (non-hydrogen) atoms. The summed E-state index contributed by atoms with van der Waals surface area (Å²) in [6.45, 7) is 0. The SMILES string of the molecule is N.O=C(O)/C=C(/C=Cc1ccccc1)C(=O)O. The smallest absolute Gasteiger partial charge is 0.335 e. The van der Waals surface area contributed by atoms with Crippen LogP contribution in [-0.4, -0.2) is 22.2 Å². The number of carboxylic acids is 2. The Hall–Kier alpha value is -2.40. The standard InChI is InChI=1S/C12H10O4.H3N/c13-11(14)8-10(12(15)16)7-6-9-4-2-1-3-5-9;/h1-8H,(H,13,14)(H,15,16);1H3/b7-6?,10-8-;. The molecule has 1 rings (SSSR count). The van der Waals surface area contributed by atoms with Gasteiger partial charge in [0.15, 0.2) is 0 Å². The van der Waals surface area contributed by atoms with Crippen molar-refractivity contribution in [2.75, 3.05) is 0 Å². The second-order valence-corrected chi connectivity index (χ2v) is 2.99. The van der Waals surface area contributed by atoms with E-state index in [4.69, 9.17) is 10.2 Å². The van der Waals surface area contributed by atoms with Crippen molar-refractivity contribution in [1.29, 1.82) is 0 Å². The summed E-state index contributed by atoms with van der Waals surface area (Å²) in [6, 6.07) is 9.03. The zero-order chi connectivity index (χ0) is 12.0. The van der Waals surface area contributed by atoms with Crippen molar-refractivity contribution in [1.82, 2.24) is 6.15 Å². The first-order valence-corrected chi connectivity index (χ1v) is 4.50. The van der Waals surface area contributed by atoms with E-state index >= 15 is 0 Å². The van der Waals surface area contributed by atoms with E-state index < -0.39 is 11.9 Å². The highest BCUT2D eigenvalue weighted by Gasteiger charge is 2.04. The molecule has 1 aromatic carbocycles. The zero-order valence-electron chi connectivity index (χ0n) is 9.04. The van der Waals surface area contributed by atoms with Gasteiger partial charge >= 0.3 is 11.9 Å². The van der Waals surface area contributed by atoms with Crippen molar-refractivity contribution in [2.24, 2.45) is 0 Å². The lowest BCUT2D eigenvalue weighted by molar-refractivity contribution is -0.134. The second-order valence-electron chi connectivity index (χ2n) is 2.99. The lowest BCUT2D eigenvalue weighted by Gasteiger charge is -1.94. The molecule has 0 amide bonds. The van der Waals surface area contributed by atoms with Gasteiger partial charge < -0.3 is 16.4 Å². The highest BCUT2D eigenvalue weighted by atomic mass is 16.4. The Kier molecular flexibility index (Phi) is 5.99. The first-order chi connectivity index (χ1) is 7.59. The molecule has 0 aliphatic carbocycles. The average Bonchev–Trinajstić information content (AvgIpc) is 2.25. The number of rotatable bonds is 4. The Bertz CT molecular complexity index is 449. The minimum atomic E-state index is -1.28. The van der Waals surface area contributed by atoms with Gasteiger partial charge in [0.2, 0.25) is 0 Å². The third-order valence-corrected chi connectivity index (χ3v) is 1.78. The van der Waals surface area contributed by atoms with Crippen LogP contribution in [0.25, 0.3) is 6.08 Å². The maximum atomic E-state index is 10.7. The van der Waals surface area contributed by atoms with Crippen molar-refractivity contribution < 1.29 is 19.8 Å². The van der Waals surface area contributed by atoms with Crippen molar-refractivity contribution in [2.45, 2.75) is 0 Å². The maximum Gasteiger partial charge on any atom is 0.335 e. The Morgan fingerprint density at radius 3 is 2.12 bits per heavy atom. The summed E-state index contributed by atoms with van der Waals surface area (Å²) >= 11 is 0. The summed E-state index contributed by atoms with van der Waals surface area (Å²) in [5.74, 6) is -2.55. The molecule has 0 aliphatic rings. The van der Waals surface area contributed by atoms with Crippen LogP contribution in [0.3, 0.4) is 0 Å². The molecule has 0 bridgehead atoms. The molecule has 0 saturated heterocycles. The number of hydrogen-bond acceptors (Lipinski definition) is 3. The van der Waals surface area contributed by atoms with Crippen LogP contribution in [0, 0.1) is 0 Å². The molecule has 1 aromatic rings. The van der Waals surface area contributed by atoms with Crippen LogP contribution in [0.5, 0.6) is 0 Å². The van der Waals surface area contributed by atoms with Crippen LogP contribution in [0.4, 0.5) is 0 Å². The minimum absolute atomic E-state index is 0. The number of benzene rings is 1. The third-order valence-electron chi connectivity index (χ3n) is 1.78. The van der Waals surface area contributed by atoms with Gasteiger partial charge in [-0.1, -0.05) is 36.4 Å². The summed E-state index contributed by atoms with van der Waals surface area (Å²) in [4.78, 5) is 21.0. The fraction of sp³-hybridized carbons (Fsp3) is 0. The normalized spacial score (nSPS) is 10.9. The fourth-order valence-corrected chi connectivity index (χ4v) is 1.06. The van der Waals surface area contributed by atoms with Crippen molar-refractivity contribution in [3.8, 4) is 0 Å². The Morgan fingerprint density at radius 1 is 1.06 bits per heavy atom. The Labute approximate surface area is 98.3 Å². The van der Waals surface area contributed by atoms with Gasteiger partial charge in [-0.2, -0.15) is 0 Å². The van der Waals surface area contributed by atoms with E-state index in [1.54, 1.807) is 30.3 Å². The lowest BCUT2D eigenvalue weighted by atomic mass is 10.1. The molecular weight excluding hydrogens is 222 g/mol. The molecule has 5 N–H and O–H groups in total. The van der Waals surface area contributed by atoms with Crippen LogP contribution in [0.15, 0.2) is 48.1 Å². The minimum Gasteiger partial charge on any atom is -0.478 e. The van der Waals surface area contributed by atoms with Gasteiger partial charge in [0.05, 0.1) is 5.57 Å². The molecule has 90 valence electrons. The van der Waals surface area contributed by atoms with Gasteiger partial charge in [0.1, 0.15) is 0 Å². The van der Waals surface area contributed by atoms with E-state index in [0.717, 1.165) is 5.56 Å². The number of hydrogen-bond donors (Lipinski definition) is 3. The Morgan fingerprint density at radius 2 is 1.65 bits per heavy atom. The van der Waals surface area contributed by atoms with Gasteiger partial charge in [-0.3, -0.25) is 0 Å². The van der Waals surface area contributed by atoms with Crippen LogP contribution >= 0.6 is 0 Å². The summed E-state index contributed by atoms with van der Waals surface area (Å²) in [5, 5.41) is 17.2. The summed E-state index contributed by atoms with van der Waals surface area (Å²) in [5.41, 5.74) is 0.538. The number of carbonyl (C=O) groups is 2. The molecule has 0 radical (unpaired) electrons. The third kappa shape index (κ3) is 5.29. The van der Waals surface area contributed by atoms with E-state index in [1.165, 1.54) is 6.08 Å². The van der Waals surface area contributed by atoms with Crippen molar-refractivity contribution in [3.63, 3.8) is 0 Å². The second kappa shape index (κ2) is 6.97. The van der Waals surface area contributed by atoms with E-state index in [9.17, 15) is 9.59 Å². The van der Waals surface area contributed by atoms with E-state index in [2.05, 4.69) is 0 Å². The number of aliphatic carboxylic acids is 2. The topological polar surface area (TPSA) is 110 Å². The quantitative estimate of drug-likeness (QED) is 0.545. The van der Waals surface area contributed by atoms with E-state index in [0.29, 0.717) is 6.08 Å². The predicted molar refractivity (Wildman–Crippen MR) is 63.9 cm³/mol. The van der Waals surface area contributed by atoms with E-state index in [-0.39, 0.29) is 11.7 Å². The maximum absolute atomic E-state index is 10.7. The molecule has 0 fully saturated rings. The molecule has 0 atom stereocenters. The van der Waals surface area contributed by atoms with Gasteiger partial charge in [0.25, 0.3) is 0 Å². The first-order valence-electron chi connectivity index (χ1n) is 4.50. The molecule has 0 spiro atoms. The lowest BCUT2D eigenvalue weighted by Crippen LogP contribution is -2.01. The van der Waals surface area contributed by atoms with Gasteiger partial charge in [-0.25, -0.2) is 9.59 Å². The van der Waals surface area contributed by atoms with Crippen LogP contribution in [0.1, 0.15) is 5.56 Å². The van der Waals surface area contributed by atoms with Gasteiger partial charge in [-0.15, -0.1) is 0 Å². The molecular formula is C12H13NO4. The zero-order valence-corrected chi connectivity index (χ0v) is 9.04. The highest BCUT2D eigenvalue weighted by Crippen LogP contribution is 2.05. The Balaban J connectivity index is 0.00000256. The molecule has 0 unspecified atom stereocenters. The predicted octanol–water partition coefficient (Wildman–Crippen LogP) is 1.96. The van der Waals surface area contributed by atoms with Crippen LogP contribution in [-0.2, 0) is 9.59 Å². The van der Waals surface area contributed by atoms with Gasteiger partial charge in [-0.05, 0) is 11.6 Å². The molecule has 0 saturated carbocycles. The highest BCUT2D eigenvalue weighted by molar-refractivity contribution is 5.97. The molecule has 0 heterocycles. The average molecular weight is 235 g/mol. The molecule has 5 heteroatoms. The number of carboxylic acid groups (broad SMARTS) is 2. The molecule has 0 aliphatic heterocycles. The van der Waals surface area contributed by atoms with Gasteiger partial charge in [0, 0.05) is 6.08 Å². The van der Waals surface area contributed by atoms with Crippen LogP contribution < -0.4 is 6.15 Å². The van der Waals surface area contributed by atoms with Crippen LogP contribution in [0.2, 0.25) is 0 Å². The molecule has 5 nitrogen and oxygen atoms in total. The summed E-state index contributed by atoms with van der Waals surface area (Å²) < 4.78 is 0. The largest absolute Gasteiger partial charge is 0.478 e. The molecule has 0 aromatic heterocycles. The first kappa shape index (κ1) is 14.6. The summed E-state index contributed by atoms with van der Waals surface area (Å²) in [6.07, 6.45) is 3.45. The van der Waals surface area contributed by atoms with Crippen molar-refractivity contribution >= 4 is 18.0 Å². The summed E-state index contributed by atoms with van der Waals surface area (Å²) in [7, 11) is 0. The fourth-order valence-electron chi connectivity index (χ4n) is 1.06.